The lowest BCUT2D eigenvalue weighted by Crippen LogP contribution is -2.30. The van der Waals surface area contributed by atoms with Gasteiger partial charge in [0.1, 0.15) is 13.2 Å². The zero-order valence-corrected chi connectivity index (χ0v) is 35.1. The first-order valence-corrected chi connectivity index (χ1v) is 21.7. The van der Waals surface area contributed by atoms with Gasteiger partial charge >= 0.3 is 17.9 Å². The molecule has 310 valence electrons. The molecule has 0 saturated carbocycles. The van der Waals surface area contributed by atoms with E-state index in [2.05, 4.69) is 106 Å². The van der Waals surface area contributed by atoms with Crippen LogP contribution < -0.4 is 0 Å². The highest BCUT2D eigenvalue weighted by atomic mass is 16.6. The molecule has 6 nitrogen and oxygen atoms in total. The van der Waals surface area contributed by atoms with Crippen LogP contribution in [0.4, 0.5) is 0 Å². The summed E-state index contributed by atoms with van der Waals surface area (Å²) in [6.07, 6.45) is 55.6. The van der Waals surface area contributed by atoms with Crippen LogP contribution in [0.25, 0.3) is 0 Å². The molecule has 0 radical (unpaired) electrons. The minimum absolute atomic E-state index is 0.121. The van der Waals surface area contributed by atoms with Crippen molar-refractivity contribution in [3.8, 4) is 0 Å². The van der Waals surface area contributed by atoms with Crippen molar-refractivity contribution >= 4 is 17.9 Å². The molecule has 0 fully saturated rings. The number of unbranched alkanes of at least 4 members (excludes halogenated alkanes) is 10. The molecule has 1 unspecified atom stereocenters. The molecule has 0 aromatic rings. The maximum atomic E-state index is 12.6. The highest BCUT2D eigenvalue weighted by Gasteiger charge is 2.19. The summed E-state index contributed by atoms with van der Waals surface area (Å²) in [5, 5.41) is 0. The predicted octanol–water partition coefficient (Wildman–Crippen LogP) is 13.9. The minimum Gasteiger partial charge on any atom is -0.462 e. The van der Waals surface area contributed by atoms with Crippen LogP contribution in [0.5, 0.6) is 0 Å². The normalized spacial score (nSPS) is 13.0. The number of allylic oxidation sites excluding steroid dienone is 16. The smallest absolute Gasteiger partial charge is 0.306 e. The molecule has 0 bridgehead atoms. The third-order valence-corrected chi connectivity index (χ3v) is 8.60. The quantitative estimate of drug-likeness (QED) is 0.0271. The summed E-state index contributed by atoms with van der Waals surface area (Å²) in [7, 11) is 0. The van der Waals surface area contributed by atoms with Crippen molar-refractivity contribution in [2.45, 2.75) is 181 Å². The Hall–Kier alpha value is -3.67. The number of hydrogen-bond acceptors (Lipinski definition) is 6. The standard InChI is InChI=1S/C49H78O6/c1-4-7-10-13-16-19-22-23-24-25-26-28-30-33-36-39-42-48(51)54-45-46(44-53-47(50)41-38-35-32-29-21-18-15-12-9-6-3)55-49(52)43-40-37-34-31-27-20-17-14-11-8-5-2/h7-8,10-11,16-17,19-20,23-24,26,28,31,33-34,36,46H,4-6,9,12-15,18,21-22,25,27,29-30,32,35,37-45H2,1-3H3/b10-7-,11-8-,19-16-,20-17-,24-23-,28-26-,34-31-,36-33-. The second kappa shape index (κ2) is 43.1. The first-order chi connectivity index (χ1) is 27.0. The zero-order valence-electron chi connectivity index (χ0n) is 35.1. The van der Waals surface area contributed by atoms with Crippen molar-refractivity contribution in [3.05, 3.63) is 97.2 Å². The van der Waals surface area contributed by atoms with E-state index >= 15 is 0 Å². The fourth-order valence-electron chi connectivity index (χ4n) is 5.39. The van der Waals surface area contributed by atoms with Gasteiger partial charge in [-0.15, -0.1) is 0 Å². The predicted molar refractivity (Wildman–Crippen MR) is 233 cm³/mol. The molecular formula is C49H78O6. The van der Waals surface area contributed by atoms with Crippen molar-refractivity contribution in [3.63, 3.8) is 0 Å². The molecule has 0 amide bonds. The van der Waals surface area contributed by atoms with Gasteiger partial charge in [-0.2, -0.15) is 0 Å². The summed E-state index contributed by atoms with van der Waals surface area (Å²) in [4.78, 5) is 37.6. The average molecular weight is 763 g/mol. The Morgan fingerprint density at radius 1 is 0.382 bits per heavy atom. The second-order valence-electron chi connectivity index (χ2n) is 13.8. The molecule has 0 aliphatic heterocycles. The van der Waals surface area contributed by atoms with Gasteiger partial charge in [0.2, 0.25) is 0 Å². The number of rotatable bonds is 37. The second-order valence-corrected chi connectivity index (χ2v) is 13.8. The Balaban J connectivity index is 4.56. The monoisotopic (exact) mass is 763 g/mol. The maximum absolute atomic E-state index is 12.6. The molecule has 6 heteroatoms. The Bertz CT molecular complexity index is 1150. The highest BCUT2D eigenvalue weighted by molar-refractivity contribution is 5.71. The SMILES string of the molecule is CC/C=C\C/C=C\C/C=C\C/C=C\C/C=C\CCC(=O)OCC(COC(=O)CCCCCCCCCCCC)OC(=O)CCC/C=C\C/C=C\C/C=C\CC. The van der Waals surface area contributed by atoms with Gasteiger partial charge < -0.3 is 14.2 Å². The van der Waals surface area contributed by atoms with Crippen molar-refractivity contribution in [2.75, 3.05) is 13.2 Å². The largest absolute Gasteiger partial charge is 0.462 e. The summed E-state index contributed by atoms with van der Waals surface area (Å²) in [6, 6.07) is 0. The minimum atomic E-state index is -0.829. The third-order valence-electron chi connectivity index (χ3n) is 8.60. The Labute approximate surface area is 337 Å². The highest BCUT2D eigenvalue weighted by Crippen LogP contribution is 2.12. The van der Waals surface area contributed by atoms with Crippen LogP contribution >= 0.6 is 0 Å². The molecule has 1 atom stereocenters. The van der Waals surface area contributed by atoms with Crippen LogP contribution in [-0.2, 0) is 28.6 Å². The van der Waals surface area contributed by atoms with Crippen LogP contribution in [0.3, 0.4) is 0 Å². The van der Waals surface area contributed by atoms with E-state index in [-0.39, 0.29) is 44.0 Å². The fraction of sp³-hybridized carbons (Fsp3) is 0.612. The van der Waals surface area contributed by atoms with E-state index in [9.17, 15) is 14.4 Å². The van der Waals surface area contributed by atoms with Crippen molar-refractivity contribution < 1.29 is 28.6 Å². The summed E-state index contributed by atoms with van der Waals surface area (Å²) >= 11 is 0. The molecule has 0 aromatic heterocycles. The molecule has 0 aromatic carbocycles. The van der Waals surface area contributed by atoms with Gasteiger partial charge in [0.25, 0.3) is 0 Å². The van der Waals surface area contributed by atoms with Crippen LogP contribution in [-0.4, -0.2) is 37.2 Å². The van der Waals surface area contributed by atoms with Crippen LogP contribution in [0.15, 0.2) is 97.2 Å². The summed E-state index contributed by atoms with van der Waals surface area (Å²) in [6.45, 7) is 6.24. The summed E-state index contributed by atoms with van der Waals surface area (Å²) in [5.41, 5.74) is 0. The number of esters is 3. The van der Waals surface area contributed by atoms with Gasteiger partial charge in [-0.25, -0.2) is 0 Å². The van der Waals surface area contributed by atoms with Crippen molar-refractivity contribution in [2.24, 2.45) is 0 Å². The maximum Gasteiger partial charge on any atom is 0.306 e. The molecule has 0 aliphatic rings. The molecule has 0 rings (SSSR count). The van der Waals surface area contributed by atoms with Gasteiger partial charge in [-0.3, -0.25) is 14.4 Å². The first kappa shape index (κ1) is 51.3. The Kier molecular flexibility index (Phi) is 40.2. The van der Waals surface area contributed by atoms with E-state index < -0.39 is 6.10 Å². The summed E-state index contributed by atoms with van der Waals surface area (Å²) < 4.78 is 16.5. The lowest BCUT2D eigenvalue weighted by Gasteiger charge is -2.18. The van der Waals surface area contributed by atoms with E-state index in [4.69, 9.17) is 14.2 Å². The average Bonchev–Trinajstić information content (AvgIpc) is 3.18. The third kappa shape index (κ3) is 41.3. The first-order valence-electron chi connectivity index (χ1n) is 21.7. The van der Waals surface area contributed by atoms with Crippen molar-refractivity contribution in [1.29, 1.82) is 0 Å². The molecule has 0 saturated heterocycles. The Morgan fingerprint density at radius 2 is 0.745 bits per heavy atom. The number of carbonyl (C=O) groups excluding carboxylic acids is 3. The molecule has 0 heterocycles. The van der Waals surface area contributed by atoms with Crippen LogP contribution in [0, 0.1) is 0 Å². The van der Waals surface area contributed by atoms with Gasteiger partial charge in [0, 0.05) is 19.3 Å². The summed E-state index contributed by atoms with van der Waals surface area (Å²) in [5.74, 6) is -1.08. The van der Waals surface area contributed by atoms with E-state index in [0.29, 0.717) is 19.3 Å². The van der Waals surface area contributed by atoms with E-state index in [1.54, 1.807) is 0 Å². The number of ether oxygens (including phenoxy) is 3. The van der Waals surface area contributed by atoms with Crippen LogP contribution in [0.2, 0.25) is 0 Å². The number of carbonyl (C=O) groups is 3. The molecule has 0 spiro atoms. The van der Waals surface area contributed by atoms with Crippen molar-refractivity contribution in [1.82, 2.24) is 0 Å². The lowest BCUT2D eigenvalue weighted by molar-refractivity contribution is -0.166. The molecule has 0 aliphatic carbocycles. The van der Waals surface area contributed by atoms with E-state index in [1.165, 1.54) is 44.9 Å². The fourth-order valence-corrected chi connectivity index (χ4v) is 5.39. The molecule has 0 N–H and O–H groups in total. The van der Waals surface area contributed by atoms with E-state index in [0.717, 1.165) is 77.0 Å². The van der Waals surface area contributed by atoms with Gasteiger partial charge in [-0.05, 0) is 77.0 Å². The van der Waals surface area contributed by atoms with E-state index in [1.807, 2.05) is 12.2 Å². The Morgan fingerprint density at radius 3 is 1.20 bits per heavy atom. The van der Waals surface area contributed by atoms with Crippen LogP contribution in [0.1, 0.15) is 175 Å². The lowest BCUT2D eigenvalue weighted by atomic mass is 10.1. The molecule has 55 heavy (non-hydrogen) atoms. The number of hydrogen-bond donors (Lipinski definition) is 0. The molecular weight excluding hydrogens is 685 g/mol. The van der Waals surface area contributed by atoms with Gasteiger partial charge in [0.05, 0.1) is 0 Å². The topological polar surface area (TPSA) is 78.9 Å². The zero-order chi connectivity index (χ0) is 40.1. The van der Waals surface area contributed by atoms with Gasteiger partial charge in [-0.1, -0.05) is 176 Å². The van der Waals surface area contributed by atoms with Gasteiger partial charge in [0.15, 0.2) is 6.10 Å².